The smallest absolute Gasteiger partial charge is 0.318 e. The van der Waals surface area contributed by atoms with Crippen molar-refractivity contribution in [3.05, 3.63) is 24.7 Å². The topological polar surface area (TPSA) is 79.1 Å². The van der Waals surface area contributed by atoms with Crippen molar-refractivity contribution >= 4 is 17.7 Å². The Hall–Kier alpha value is -2.09. The molecule has 0 N–H and O–H groups in total. The van der Waals surface area contributed by atoms with Gasteiger partial charge in [0.05, 0.1) is 26.1 Å². The van der Waals surface area contributed by atoms with Crippen LogP contribution in [-0.4, -0.2) is 45.2 Å². The van der Waals surface area contributed by atoms with Crippen LogP contribution >= 0.6 is 11.8 Å². The SMILES string of the molecule is COC(=O)C(C)Sc1nncn1-c1ccc(OC)nc1. The van der Waals surface area contributed by atoms with E-state index in [2.05, 4.69) is 15.2 Å². The van der Waals surface area contributed by atoms with Gasteiger partial charge >= 0.3 is 5.97 Å². The van der Waals surface area contributed by atoms with Crippen LogP contribution < -0.4 is 4.74 Å². The number of nitrogens with zero attached hydrogens (tertiary/aromatic N) is 4. The van der Waals surface area contributed by atoms with E-state index in [0.717, 1.165) is 5.69 Å². The zero-order chi connectivity index (χ0) is 14.5. The first kappa shape index (κ1) is 14.3. The minimum atomic E-state index is -0.367. The van der Waals surface area contributed by atoms with E-state index in [-0.39, 0.29) is 11.2 Å². The molecule has 0 radical (unpaired) electrons. The number of hydrogen-bond acceptors (Lipinski definition) is 7. The molecule has 0 aliphatic rings. The van der Waals surface area contributed by atoms with Crippen molar-refractivity contribution in [1.29, 1.82) is 0 Å². The van der Waals surface area contributed by atoms with Crippen molar-refractivity contribution in [2.45, 2.75) is 17.3 Å². The summed E-state index contributed by atoms with van der Waals surface area (Å²) in [5, 5.41) is 8.09. The quantitative estimate of drug-likeness (QED) is 0.608. The van der Waals surface area contributed by atoms with Crippen LogP contribution in [-0.2, 0) is 9.53 Å². The van der Waals surface area contributed by atoms with E-state index < -0.39 is 0 Å². The summed E-state index contributed by atoms with van der Waals surface area (Å²) >= 11 is 1.27. The molecule has 0 bridgehead atoms. The number of esters is 1. The molecule has 0 aromatic carbocycles. The number of pyridine rings is 1. The first-order valence-corrected chi connectivity index (χ1v) is 6.68. The molecule has 0 spiro atoms. The molecule has 0 amide bonds. The highest BCUT2D eigenvalue weighted by atomic mass is 32.2. The van der Waals surface area contributed by atoms with Gasteiger partial charge < -0.3 is 9.47 Å². The van der Waals surface area contributed by atoms with Gasteiger partial charge in [0.15, 0.2) is 5.16 Å². The average Bonchev–Trinajstić information content (AvgIpc) is 2.94. The third kappa shape index (κ3) is 3.08. The van der Waals surface area contributed by atoms with Crippen LogP contribution in [0, 0.1) is 0 Å². The minimum absolute atomic E-state index is 0.308. The lowest BCUT2D eigenvalue weighted by Gasteiger charge is -2.10. The van der Waals surface area contributed by atoms with Crippen molar-refractivity contribution in [2.24, 2.45) is 0 Å². The highest BCUT2D eigenvalue weighted by Crippen LogP contribution is 2.24. The molecule has 0 fully saturated rings. The molecule has 0 saturated carbocycles. The number of rotatable bonds is 5. The minimum Gasteiger partial charge on any atom is -0.481 e. The summed E-state index contributed by atoms with van der Waals surface area (Å²) in [6.45, 7) is 1.75. The largest absolute Gasteiger partial charge is 0.481 e. The summed E-state index contributed by atoms with van der Waals surface area (Å²) in [4.78, 5) is 15.6. The summed E-state index contributed by atoms with van der Waals surface area (Å²) in [5.74, 6) is 0.219. The maximum absolute atomic E-state index is 11.4. The first-order chi connectivity index (χ1) is 9.65. The molecule has 0 aliphatic heterocycles. The lowest BCUT2D eigenvalue weighted by Crippen LogP contribution is -2.15. The number of carbonyl (C=O) groups excluding carboxylic acids is 1. The highest BCUT2D eigenvalue weighted by Gasteiger charge is 2.18. The summed E-state index contributed by atoms with van der Waals surface area (Å²) in [7, 11) is 2.91. The van der Waals surface area contributed by atoms with Crippen LogP contribution in [0.25, 0.3) is 5.69 Å². The van der Waals surface area contributed by atoms with E-state index in [4.69, 9.17) is 9.47 Å². The number of ether oxygens (including phenoxy) is 2. The van der Waals surface area contributed by atoms with Gasteiger partial charge in [0.25, 0.3) is 0 Å². The Morgan fingerprint density at radius 1 is 1.40 bits per heavy atom. The van der Waals surface area contributed by atoms with Crippen LogP contribution in [0.2, 0.25) is 0 Å². The summed E-state index contributed by atoms with van der Waals surface area (Å²) < 4.78 is 11.4. The second-order valence-corrected chi connectivity index (χ2v) is 5.13. The third-order valence-electron chi connectivity index (χ3n) is 2.54. The number of thioether (sulfide) groups is 1. The van der Waals surface area contributed by atoms with Gasteiger partial charge in [-0.1, -0.05) is 11.8 Å². The number of hydrogen-bond donors (Lipinski definition) is 0. The zero-order valence-corrected chi connectivity index (χ0v) is 12.1. The molecule has 1 unspecified atom stereocenters. The number of methoxy groups -OCH3 is 2. The van der Waals surface area contributed by atoms with Gasteiger partial charge in [0.1, 0.15) is 11.6 Å². The van der Waals surface area contributed by atoms with E-state index >= 15 is 0 Å². The van der Waals surface area contributed by atoms with Crippen molar-refractivity contribution in [3.63, 3.8) is 0 Å². The Morgan fingerprint density at radius 3 is 2.80 bits per heavy atom. The molecule has 0 saturated heterocycles. The van der Waals surface area contributed by atoms with E-state index in [9.17, 15) is 4.79 Å². The predicted octanol–water partition coefficient (Wildman–Crippen LogP) is 1.32. The lowest BCUT2D eigenvalue weighted by atomic mass is 10.4. The standard InChI is InChI=1S/C12H14N4O3S/c1-8(11(17)19-3)20-12-15-14-7-16(12)9-4-5-10(18-2)13-6-9/h4-8H,1-3H3. The van der Waals surface area contributed by atoms with Crippen LogP contribution in [0.1, 0.15) is 6.92 Å². The normalized spacial score (nSPS) is 11.9. The summed E-state index contributed by atoms with van der Waals surface area (Å²) in [5.41, 5.74) is 0.787. The lowest BCUT2D eigenvalue weighted by molar-refractivity contribution is -0.139. The van der Waals surface area contributed by atoms with Crippen LogP contribution in [0.3, 0.4) is 0 Å². The maximum Gasteiger partial charge on any atom is 0.318 e. The molecular formula is C12H14N4O3S. The second-order valence-electron chi connectivity index (χ2n) is 3.83. The number of carbonyl (C=O) groups is 1. The van der Waals surface area contributed by atoms with E-state index in [1.54, 1.807) is 37.2 Å². The van der Waals surface area contributed by atoms with Crippen LogP contribution in [0.4, 0.5) is 0 Å². The Kier molecular flexibility index (Phi) is 4.57. The van der Waals surface area contributed by atoms with Gasteiger partial charge in [-0.3, -0.25) is 9.36 Å². The van der Waals surface area contributed by atoms with E-state index in [1.807, 2.05) is 6.07 Å². The molecular weight excluding hydrogens is 280 g/mol. The van der Waals surface area contributed by atoms with E-state index in [1.165, 1.54) is 18.9 Å². The van der Waals surface area contributed by atoms with E-state index in [0.29, 0.717) is 11.0 Å². The third-order valence-corrected chi connectivity index (χ3v) is 3.57. The Labute approximate surface area is 120 Å². The molecule has 2 heterocycles. The fourth-order valence-corrected chi connectivity index (χ4v) is 2.36. The maximum atomic E-state index is 11.4. The van der Waals surface area contributed by atoms with Gasteiger partial charge in [0, 0.05) is 6.07 Å². The second kappa shape index (κ2) is 6.38. The Balaban J connectivity index is 2.21. The van der Waals surface area contributed by atoms with Gasteiger partial charge in [-0.15, -0.1) is 10.2 Å². The molecule has 2 aromatic rings. The van der Waals surface area contributed by atoms with Gasteiger partial charge in [-0.25, -0.2) is 4.98 Å². The van der Waals surface area contributed by atoms with Crippen LogP contribution in [0.5, 0.6) is 5.88 Å². The fraction of sp³-hybridized carbons (Fsp3) is 0.333. The predicted molar refractivity (Wildman–Crippen MR) is 73.0 cm³/mol. The molecule has 106 valence electrons. The van der Waals surface area contributed by atoms with Gasteiger partial charge in [-0.05, 0) is 13.0 Å². The molecule has 0 aliphatic carbocycles. The molecule has 7 nitrogen and oxygen atoms in total. The van der Waals surface area contributed by atoms with Gasteiger partial charge in [-0.2, -0.15) is 0 Å². The first-order valence-electron chi connectivity index (χ1n) is 5.80. The fourth-order valence-electron chi connectivity index (χ4n) is 1.49. The molecule has 2 rings (SSSR count). The van der Waals surface area contributed by atoms with Crippen molar-refractivity contribution < 1.29 is 14.3 Å². The van der Waals surface area contributed by atoms with Crippen molar-refractivity contribution in [1.82, 2.24) is 19.7 Å². The average molecular weight is 294 g/mol. The zero-order valence-electron chi connectivity index (χ0n) is 11.3. The van der Waals surface area contributed by atoms with Gasteiger partial charge in [0.2, 0.25) is 5.88 Å². The monoisotopic (exact) mass is 294 g/mol. The highest BCUT2D eigenvalue weighted by molar-refractivity contribution is 8.00. The number of aromatic nitrogens is 4. The Morgan fingerprint density at radius 2 is 2.20 bits per heavy atom. The molecule has 20 heavy (non-hydrogen) atoms. The Bertz CT molecular complexity index is 585. The van der Waals surface area contributed by atoms with Crippen molar-refractivity contribution in [2.75, 3.05) is 14.2 Å². The van der Waals surface area contributed by atoms with Crippen LogP contribution in [0.15, 0.2) is 29.8 Å². The molecule has 2 aromatic heterocycles. The van der Waals surface area contributed by atoms with Crippen molar-refractivity contribution in [3.8, 4) is 11.6 Å². The molecule has 8 heteroatoms. The molecule has 1 atom stereocenters. The summed E-state index contributed by atoms with van der Waals surface area (Å²) in [6.07, 6.45) is 3.21. The summed E-state index contributed by atoms with van der Waals surface area (Å²) in [6, 6.07) is 3.58.